The molecule has 0 unspecified atom stereocenters. The number of hydrogen-bond acceptors (Lipinski definition) is 4. The van der Waals surface area contributed by atoms with E-state index in [1.54, 1.807) is 0 Å². The second kappa shape index (κ2) is 10.7. The third-order valence-electron chi connectivity index (χ3n) is 6.99. The first-order valence-corrected chi connectivity index (χ1v) is 13.1. The number of aromatic nitrogens is 2. The van der Waals surface area contributed by atoms with Crippen molar-refractivity contribution in [2.45, 2.75) is 58.1 Å². The van der Waals surface area contributed by atoms with Gasteiger partial charge in [-0.15, -0.1) is 0 Å². The number of benzene rings is 3. The summed E-state index contributed by atoms with van der Waals surface area (Å²) in [5.41, 5.74) is 6.03. The predicted octanol–water partition coefficient (Wildman–Crippen LogP) is 6.19. The van der Waals surface area contributed by atoms with E-state index in [0.717, 1.165) is 34.4 Å². The lowest BCUT2D eigenvalue weighted by molar-refractivity contribution is -0.120. The SMILES string of the molecule is CC(C)(C)c1ccc2[nH]c(Cc3ccc(NC(=O)[C@@H]4CCCN4C(=O)OCc4ccccc4)cc3)nc2c1. The molecule has 196 valence electrons. The van der Waals surface area contributed by atoms with Gasteiger partial charge < -0.3 is 15.0 Å². The number of H-pyrrole nitrogens is 1. The monoisotopic (exact) mass is 510 g/mol. The van der Waals surface area contributed by atoms with Crippen molar-refractivity contribution in [1.82, 2.24) is 14.9 Å². The summed E-state index contributed by atoms with van der Waals surface area (Å²) in [7, 11) is 0. The summed E-state index contributed by atoms with van der Waals surface area (Å²) in [6, 6.07) is 23.1. The fourth-order valence-corrected chi connectivity index (χ4v) is 4.79. The van der Waals surface area contributed by atoms with E-state index < -0.39 is 12.1 Å². The van der Waals surface area contributed by atoms with Crippen LogP contribution < -0.4 is 5.32 Å². The van der Waals surface area contributed by atoms with Gasteiger partial charge in [0.25, 0.3) is 0 Å². The van der Waals surface area contributed by atoms with Gasteiger partial charge in [-0.25, -0.2) is 9.78 Å². The van der Waals surface area contributed by atoms with E-state index in [1.807, 2.05) is 54.6 Å². The molecule has 1 saturated heterocycles. The molecule has 38 heavy (non-hydrogen) atoms. The van der Waals surface area contributed by atoms with Crippen LogP contribution in [0.4, 0.5) is 10.5 Å². The van der Waals surface area contributed by atoms with E-state index in [-0.39, 0.29) is 17.9 Å². The molecule has 0 spiro atoms. The number of ether oxygens (including phenoxy) is 1. The summed E-state index contributed by atoms with van der Waals surface area (Å²) in [5, 5.41) is 2.96. The minimum Gasteiger partial charge on any atom is -0.445 e. The molecule has 4 aromatic rings. The highest BCUT2D eigenvalue weighted by Crippen LogP contribution is 2.26. The Labute approximate surface area is 223 Å². The Balaban J connectivity index is 1.18. The molecule has 3 aromatic carbocycles. The minimum atomic E-state index is -0.536. The third kappa shape index (κ3) is 5.88. The lowest BCUT2D eigenvalue weighted by Gasteiger charge is -2.23. The van der Waals surface area contributed by atoms with Gasteiger partial charge >= 0.3 is 6.09 Å². The van der Waals surface area contributed by atoms with E-state index in [1.165, 1.54) is 10.5 Å². The zero-order valence-corrected chi connectivity index (χ0v) is 22.2. The van der Waals surface area contributed by atoms with Crippen LogP contribution in [0.15, 0.2) is 72.8 Å². The van der Waals surface area contributed by atoms with Crippen molar-refractivity contribution in [3.63, 3.8) is 0 Å². The molecule has 0 bridgehead atoms. The molecule has 7 nitrogen and oxygen atoms in total. The van der Waals surface area contributed by atoms with E-state index in [0.29, 0.717) is 25.1 Å². The highest BCUT2D eigenvalue weighted by Gasteiger charge is 2.35. The molecular weight excluding hydrogens is 476 g/mol. The summed E-state index contributed by atoms with van der Waals surface area (Å²) in [4.78, 5) is 35.4. The number of nitrogens with zero attached hydrogens (tertiary/aromatic N) is 2. The number of anilines is 1. The number of aromatic amines is 1. The second-order valence-corrected chi connectivity index (χ2v) is 10.9. The van der Waals surface area contributed by atoms with E-state index in [2.05, 4.69) is 49.3 Å². The van der Waals surface area contributed by atoms with Crippen molar-refractivity contribution in [3.05, 3.63) is 95.3 Å². The van der Waals surface area contributed by atoms with Crippen molar-refractivity contribution < 1.29 is 14.3 Å². The Morgan fingerprint density at radius 3 is 2.53 bits per heavy atom. The molecule has 0 saturated carbocycles. The standard InChI is InChI=1S/C31H34N4O3/c1-31(2,3)23-13-16-25-26(19-23)34-28(33-25)18-21-11-14-24(15-12-21)32-29(36)27-10-7-17-35(27)30(37)38-20-22-8-5-4-6-9-22/h4-6,8-9,11-16,19,27H,7,10,17-18,20H2,1-3H3,(H,32,36)(H,33,34)/t27-/m0/s1. The normalized spacial score (nSPS) is 15.6. The van der Waals surface area contributed by atoms with Gasteiger partial charge in [0, 0.05) is 18.7 Å². The second-order valence-electron chi connectivity index (χ2n) is 10.9. The van der Waals surface area contributed by atoms with Gasteiger partial charge in [0.05, 0.1) is 11.0 Å². The van der Waals surface area contributed by atoms with Gasteiger partial charge in [-0.2, -0.15) is 0 Å². The predicted molar refractivity (Wildman–Crippen MR) is 149 cm³/mol. The van der Waals surface area contributed by atoms with Crippen LogP contribution in [-0.2, 0) is 28.0 Å². The number of imidazole rings is 1. The quantitative estimate of drug-likeness (QED) is 0.324. The molecule has 1 aliphatic heterocycles. The van der Waals surface area contributed by atoms with Crippen molar-refractivity contribution in [3.8, 4) is 0 Å². The highest BCUT2D eigenvalue weighted by molar-refractivity contribution is 5.96. The molecule has 2 amide bonds. The molecule has 0 aliphatic carbocycles. The number of fused-ring (bicyclic) bond motifs is 1. The molecule has 1 aromatic heterocycles. The van der Waals surface area contributed by atoms with Gasteiger partial charge in [0.15, 0.2) is 0 Å². The average molecular weight is 511 g/mol. The largest absolute Gasteiger partial charge is 0.445 e. The average Bonchev–Trinajstić information content (AvgIpc) is 3.55. The maximum absolute atomic E-state index is 13.0. The first-order chi connectivity index (χ1) is 18.3. The summed E-state index contributed by atoms with van der Waals surface area (Å²) in [5.74, 6) is 0.706. The first-order valence-electron chi connectivity index (χ1n) is 13.1. The number of rotatable bonds is 6. The maximum atomic E-state index is 13.0. The first kappa shape index (κ1) is 25.5. The van der Waals surface area contributed by atoms with Gasteiger partial charge in [0.2, 0.25) is 5.91 Å². The number of carbonyl (C=O) groups excluding carboxylic acids is 2. The molecule has 2 N–H and O–H groups in total. The van der Waals surface area contributed by atoms with E-state index in [9.17, 15) is 9.59 Å². The van der Waals surface area contributed by atoms with E-state index >= 15 is 0 Å². The molecule has 1 atom stereocenters. The lowest BCUT2D eigenvalue weighted by Crippen LogP contribution is -2.43. The molecular formula is C31H34N4O3. The van der Waals surface area contributed by atoms with Gasteiger partial charge in [0.1, 0.15) is 18.5 Å². The third-order valence-corrected chi connectivity index (χ3v) is 6.99. The maximum Gasteiger partial charge on any atom is 0.410 e. The molecule has 1 aliphatic rings. The summed E-state index contributed by atoms with van der Waals surface area (Å²) in [6.45, 7) is 7.30. The zero-order valence-electron chi connectivity index (χ0n) is 22.2. The Kier molecular flexibility index (Phi) is 7.18. The van der Waals surface area contributed by atoms with Crippen LogP contribution in [0.2, 0.25) is 0 Å². The number of likely N-dealkylation sites (tertiary alicyclic amines) is 1. The molecule has 1 fully saturated rings. The fourth-order valence-electron chi connectivity index (χ4n) is 4.79. The van der Waals surface area contributed by atoms with Crippen LogP contribution in [0, 0.1) is 0 Å². The molecule has 5 rings (SSSR count). The Bertz CT molecular complexity index is 1420. The highest BCUT2D eigenvalue weighted by atomic mass is 16.6. The van der Waals surface area contributed by atoms with Gasteiger partial charge in [-0.05, 0) is 59.2 Å². The van der Waals surface area contributed by atoms with Crippen molar-refractivity contribution >= 4 is 28.7 Å². The summed E-state index contributed by atoms with van der Waals surface area (Å²) in [6.07, 6.45) is 1.60. The number of amides is 2. The molecule has 0 radical (unpaired) electrons. The van der Waals surface area contributed by atoms with Gasteiger partial charge in [-0.1, -0.05) is 69.3 Å². The Morgan fingerprint density at radius 1 is 1.03 bits per heavy atom. The smallest absolute Gasteiger partial charge is 0.410 e. The molecule has 7 heteroatoms. The van der Waals surface area contributed by atoms with Crippen LogP contribution in [0.25, 0.3) is 11.0 Å². The van der Waals surface area contributed by atoms with Gasteiger partial charge in [-0.3, -0.25) is 9.69 Å². The van der Waals surface area contributed by atoms with Crippen molar-refractivity contribution in [2.24, 2.45) is 0 Å². The van der Waals surface area contributed by atoms with Crippen molar-refractivity contribution in [2.75, 3.05) is 11.9 Å². The van der Waals surface area contributed by atoms with Crippen LogP contribution >= 0.6 is 0 Å². The van der Waals surface area contributed by atoms with E-state index in [4.69, 9.17) is 9.72 Å². The number of carbonyl (C=O) groups is 2. The Morgan fingerprint density at radius 2 is 1.79 bits per heavy atom. The minimum absolute atomic E-state index is 0.0750. The summed E-state index contributed by atoms with van der Waals surface area (Å²) < 4.78 is 5.46. The van der Waals surface area contributed by atoms with Crippen molar-refractivity contribution in [1.29, 1.82) is 0 Å². The molecule has 2 heterocycles. The number of hydrogen-bond donors (Lipinski definition) is 2. The zero-order chi connectivity index (χ0) is 26.7. The van der Waals surface area contributed by atoms with Crippen LogP contribution in [-0.4, -0.2) is 39.5 Å². The fraction of sp³-hybridized carbons (Fsp3) is 0.323. The summed E-state index contributed by atoms with van der Waals surface area (Å²) >= 11 is 0. The van der Waals surface area contributed by atoms with Crippen LogP contribution in [0.3, 0.4) is 0 Å². The van der Waals surface area contributed by atoms with Crippen LogP contribution in [0.1, 0.15) is 56.1 Å². The number of nitrogens with one attached hydrogen (secondary N) is 2. The Hall–Kier alpha value is -4.13. The van der Waals surface area contributed by atoms with Crippen LogP contribution in [0.5, 0.6) is 0 Å². The lowest BCUT2D eigenvalue weighted by atomic mass is 9.87. The topological polar surface area (TPSA) is 87.3 Å².